The lowest BCUT2D eigenvalue weighted by Crippen LogP contribution is -2.38. The van der Waals surface area contributed by atoms with E-state index in [1.807, 2.05) is 46.8 Å². The van der Waals surface area contributed by atoms with Crippen molar-refractivity contribution in [1.29, 1.82) is 0 Å². The van der Waals surface area contributed by atoms with Gasteiger partial charge in [0.1, 0.15) is 0 Å². The average Bonchev–Trinajstić information content (AvgIpc) is 2.67. The van der Waals surface area contributed by atoms with Crippen LogP contribution in [-0.4, -0.2) is 30.3 Å². The minimum Gasteiger partial charge on any atom is -0.452 e. The Bertz CT molecular complexity index is 886. The van der Waals surface area contributed by atoms with Crippen LogP contribution in [0.25, 0.3) is 0 Å². The van der Waals surface area contributed by atoms with Gasteiger partial charge in [0.25, 0.3) is 5.91 Å². The van der Waals surface area contributed by atoms with Crippen molar-refractivity contribution in [3.05, 3.63) is 70.3 Å². The van der Waals surface area contributed by atoms with E-state index >= 15 is 0 Å². The van der Waals surface area contributed by atoms with Gasteiger partial charge < -0.3 is 10.1 Å². The summed E-state index contributed by atoms with van der Waals surface area (Å²) in [7, 11) is 0. The Morgan fingerprint density at radius 3 is 2.21 bits per heavy atom. The van der Waals surface area contributed by atoms with E-state index in [9.17, 15) is 14.4 Å². The average molecular weight is 381 g/mol. The molecular weight excluding hydrogens is 354 g/mol. The molecule has 0 aliphatic rings. The molecule has 0 aliphatic heterocycles. The summed E-state index contributed by atoms with van der Waals surface area (Å²) in [5.74, 6) is -1.03. The van der Waals surface area contributed by atoms with Crippen molar-refractivity contribution < 1.29 is 19.1 Å². The number of amides is 1. The molecule has 0 radical (unpaired) electrons. The largest absolute Gasteiger partial charge is 0.452 e. The minimum atomic E-state index is -0.693. The van der Waals surface area contributed by atoms with Gasteiger partial charge in [-0.1, -0.05) is 49.7 Å². The third-order valence-electron chi connectivity index (χ3n) is 4.75. The van der Waals surface area contributed by atoms with Crippen molar-refractivity contribution in [3.8, 4) is 0 Å². The Labute approximate surface area is 166 Å². The highest BCUT2D eigenvalue weighted by Crippen LogP contribution is 2.19. The van der Waals surface area contributed by atoms with Crippen molar-refractivity contribution in [3.63, 3.8) is 0 Å². The van der Waals surface area contributed by atoms with Crippen molar-refractivity contribution in [2.45, 2.75) is 40.7 Å². The van der Waals surface area contributed by atoms with Crippen LogP contribution >= 0.6 is 0 Å². The first-order valence-corrected chi connectivity index (χ1v) is 9.38. The summed E-state index contributed by atoms with van der Waals surface area (Å²) >= 11 is 0. The number of benzene rings is 2. The Morgan fingerprint density at radius 1 is 0.929 bits per heavy atom. The van der Waals surface area contributed by atoms with Gasteiger partial charge in [-0.05, 0) is 44.4 Å². The van der Waals surface area contributed by atoms with Gasteiger partial charge in [0, 0.05) is 17.2 Å². The van der Waals surface area contributed by atoms with Crippen LogP contribution in [0.1, 0.15) is 58.2 Å². The van der Waals surface area contributed by atoms with Crippen molar-refractivity contribution >= 4 is 17.7 Å². The SMILES string of the molecule is Cc1ccc(C)c(C(=O)c2ccccc2C(=O)OCC(=O)N[C@H](C)C(C)C)c1. The number of carbonyl (C=O) groups is 3. The first-order chi connectivity index (χ1) is 13.2. The van der Waals surface area contributed by atoms with E-state index in [0.29, 0.717) is 5.56 Å². The Hall–Kier alpha value is -2.95. The van der Waals surface area contributed by atoms with E-state index in [4.69, 9.17) is 4.74 Å². The van der Waals surface area contributed by atoms with Crippen molar-refractivity contribution in [2.75, 3.05) is 6.61 Å². The molecule has 0 bridgehead atoms. The third-order valence-corrected chi connectivity index (χ3v) is 4.75. The summed E-state index contributed by atoms with van der Waals surface area (Å²) in [5, 5.41) is 2.78. The fourth-order valence-electron chi connectivity index (χ4n) is 2.66. The molecule has 148 valence electrons. The van der Waals surface area contributed by atoms with Crippen LogP contribution in [0.3, 0.4) is 0 Å². The zero-order valence-corrected chi connectivity index (χ0v) is 17.0. The second-order valence-corrected chi connectivity index (χ2v) is 7.37. The number of nitrogens with one attached hydrogen (secondary N) is 1. The number of hydrogen-bond donors (Lipinski definition) is 1. The van der Waals surface area contributed by atoms with Gasteiger partial charge in [-0.2, -0.15) is 0 Å². The molecule has 1 atom stereocenters. The van der Waals surface area contributed by atoms with Gasteiger partial charge in [0.2, 0.25) is 0 Å². The maximum absolute atomic E-state index is 13.0. The van der Waals surface area contributed by atoms with Gasteiger partial charge in [-0.3, -0.25) is 9.59 Å². The third kappa shape index (κ3) is 5.28. The number of ketones is 1. The predicted molar refractivity (Wildman–Crippen MR) is 109 cm³/mol. The molecule has 2 aromatic rings. The molecule has 0 aromatic heterocycles. The quantitative estimate of drug-likeness (QED) is 0.584. The van der Waals surface area contributed by atoms with Crippen LogP contribution < -0.4 is 5.32 Å². The fraction of sp³-hybridized carbons (Fsp3) is 0.348. The zero-order chi connectivity index (χ0) is 20.8. The Balaban J connectivity index is 2.17. The van der Waals surface area contributed by atoms with E-state index in [-0.39, 0.29) is 41.4 Å². The van der Waals surface area contributed by atoms with E-state index in [0.717, 1.165) is 11.1 Å². The maximum Gasteiger partial charge on any atom is 0.339 e. The molecule has 0 unspecified atom stereocenters. The number of esters is 1. The van der Waals surface area contributed by atoms with Crippen LogP contribution in [0.2, 0.25) is 0 Å². The molecule has 1 amide bonds. The highest BCUT2D eigenvalue weighted by Gasteiger charge is 2.21. The summed E-state index contributed by atoms with van der Waals surface area (Å²) in [4.78, 5) is 37.5. The summed E-state index contributed by atoms with van der Waals surface area (Å²) in [6.07, 6.45) is 0. The molecule has 1 N–H and O–H groups in total. The summed E-state index contributed by atoms with van der Waals surface area (Å²) in [6.45, 7) is 9.25. The molecule has 0 heterocycles. The number of ether oxygens (including phenoxy) is 1. The molecule has 0 aliphatic carbocycles. The number of aryl methyl sites for hydroxylation is 2. The zero-order valence-electron chi connectivity index (χ0n) is 17.0. The van der Waals surface area contributed by atoms with Crippen molar-refractivity contribution in [2.24, 2.45) is 5.92 Å². The molecule has 2 rings (SSSR count). The van der Waals surface area contributed by atoms with Crippen LogP contribution in [0.4, 0.5) is 0 Å². The van der Waals surface area contributed by atoms with E-state index in [2.05, 4.69) is 5.32 Å². The first kappa shape index (κ1) is 21.4. The van der Waals surface area contributed by atoms with Gasteiger partial charge in [0.05, 0.1) is 5.56 Å². The molecule has 0 saturated heterocycles. The van der Waals surface area contributed by atoms with Gasteiger partial charge in [-0.25, -0.2) is 4.79 Å². The summed E-state index contributed by atoms with van der Waals surface area (Å²) in [6, 6.07) is 12.1. The first-order valence-electron chi connectivity index (χ1n) is 9.38. The second kappa shape index (κ2) is 9.31. The van der Waals surface area contributed by atoms with Gasteiger partial charge >= 0.3 is 5.97 Å². The summed E-state index contributed by atoms with van der Waals surface area (Å²) in [5.41, 5.74) is 2.75. The molecule has 0 fully saturated rings. The molecule has 28 heavy (non-hydrogen) atoms. The van der Waals surface area contributed by atoms with Gasteiger partial charge in [-0.15, -0.1) is 0 Å². The standard InChI is InChI=1S/C23H27NO4/c1-14(2)17(5)24-21(25)13-28-23(27)19-9-7-6-8-18(19)22(26)20-12-15(3)10-11-16(20)4/h6-12,14,17H,13H2,1-5H3,(H,24,25)/t17-/m1/s1. The number of rotatable bonds is 7. The molecule has 0 saturated carbocycles. The monoisotopic (exact) mass is 381 g/mol. The lowest BCUT2D eigenvalue weighted by Gasteiger charge is -2.17. The topological polar surface area (TPSA) is 72.5 Å². The smallest absolute Gasteiger partial charge is 0.339 e. The number of hydrogen-bond acceptors (Lipinski definition) is 4. The van der Waals surface area contributed by atoms with E-state index in [1.165, 1.54) is 6.07 Å². The predicted octanol–water partition coefficient (Wildman–Crippen LogP) is 3.85. The highest BCUT2D eigenvalue weighted by atomic mass is 16.5. The molecule has 5 nitrogen and oxygen atoms in total. The highest BCUT2D eigenvalue weighted by molar-refractivity contribution is 6.15. The normalized spacial score (nSPS) is 11.8. The second-order valence-electron chi connectivity index (χ2n) is 7.37. The summed E-state index contributed by atoms with van der Waals surface area (Å²) < 4.78 is 5.15. The van der Waals surface area contributed by atoms with E-state index < -0.39 is 5.97 Å². The molecule has 0 spiro atoms. The molecule has 5 heteroatoms. The lowest BCUT2D eigenvalue weighted by atomic mass is 9.94. The van der Waals surface area contributed by atoms with Crippen LogP contribution in [0, 0.1) is 19.8 Å². The molecular formula is C23H27NO4. The van der Waals surface area contributed by atoms with E-state index in [1.54, 1.807) is 24.3 Å². The Kier molecular flexibility index (Phi) is 7.10. The molecule has 2 aromatic carbocycles. The number of carbonyl (C=O) groups excluding carboxylic acids is 3. The van der Waals surface area contributed by atoms with Crippen molar-refractivity contribution in [1.82, 2.24) is 5.32 Å². The maximum atomic E-state index is 13.0. The van der Waals surface area contributed by atoms with Crippen LogP contribution in [-0.2, 0) is 9.53 Å². The fourth-order valence-corrected chi connectivity index (χ4v) is 2.66. The van der Waals surface area contributed by atoms with Gasteiger partial charge in [0.15, 0.2) is 12.4 Å². The van der Waals surface area contributed by atoms with Crippen LogP contribution in [0.15, 0.2) is 42.5 Å². The van der Waals surface area contributed by atoms with Crippen LogP contribution in [0.5, 0.6) is 0 Å². The minimum absolute atomic E-state index is 0.0237. The Morgan fingerprint density at radius 2 is 1.57 bits per heavy atom. The lowest BCUT2D eigenvalue weighted by molar-refractivity contribution is -0.125.